The van der Waals surface area contributed by atoms with E-state index in [-0.39, 0.29) is 28.7 Å². The minimum absolute atomic E-state index is 0.0433. The second-order valence-corrected chi connectivity index (χ2v) is 6.44. The van der Waals surface area contributed by atoms with Crippen molar-refractivity contribution in [3.8, 4) is 23.3 Å². The van der Waals surface area contributed by atoms with Gasteiger partial charge in [-0.3, -0.25) is 4.79 Å². The van der Waals surface area contributed by atoms with E-state index in [2.05, 4.69) is 15.9 Å². The number of halogens is 1. The Morgan fingerprint density at radius 1 is 1.30 bits per heavy atom. The van der Waals surface area contributed by atoms with Crippen molar-refractivity contribution < 1.29 is 23.7 Å². The molecule has 2 heterocycles. The number of allylic oxidation sites excluding steroid dienone is 1. The maximum absolute atomic E-state index is 12.4. The van der Waals surface area contributed by atoms with Gasteiger partial charge < -0.3 is 29.5 Å². The van der Waals surface area contributed by atoms with Gasteiger partial charge in [0, 0.05) is 10.5 Å². The quantitative estimate of drug-likeness (QED) is 0.748. The molecule has 0 saturated heterocycles. The monoisotopic (exact) mass is 434 g/mol. The highest BCUT2D eigenvalue weighted by atomic mass is 79.9. The molecule has 3 rings (SSSR count). The van der Waals surface area contributed by atoms with Gasteiger partial charge in [-0.2, -0.15) is 5.26 Å². The van der Waals surface area contributed by atoms with Gasteiger partial charge in [0.15, 0.2) is 17.3 Å². The molecule has 1 aromatic carbocycles. The molecule has 0 bridgehead atoms. The third-order valence-corrected chi connectivity index (χ3v) is 4.79. The maximum Gasteiger partial charge on any atom is 0.228 e. The lowest BCUT2D eigenvalue weighted by Gasteiger charge is -2.26. The van der Waals surface area contributed by atoms with Gasteiger partial charge >= 0.3 is 0 Å². The van der Waals surface area contributed by atoms with Crippen LogP contribution >= 0.6 is 15.9 Å². The molecule has 3 N–H and O–H groups in total. The van der Waals surface area contributed by atoms with Crippen LogP contribution in [0.15, 0.2) is 43.3 Å². The summed E-state index contributed by atoms with van der Waals surface area (Å²) in [6, 6.07) is 6.44. The average molecular weight is 435 g/mol. The van der Waals surface area contributed by atoms with Crippen molar-refractivity contribution in [1.82, 2.24) is 0 Å². The van der Waals surface area contributed by atoms with Crippen LogP contribution in [0.1, 0.15) is 23.0 Å². The number of methoxy groups -OCH3 is 2. The summed E-state index contributed by atoms with van der Waals surface area (Å²) in [6.07, 6.45) is 0. The van der Waals surface area contributed by atoms with Gasteiger partial charge in [-0.25, -0.2) is 0 Å². The molecule has 0 saturated carbocycles. The van der Waals surface area contributed by atoms with E-state index in [0.717, 1.165) is 6.07 Å². The van der Waals surface area contributed by atoms with Crippen LogP contribution in [0.4, 0.5) is 0 Å². The van der Waals surface area contributed by atoms with Gasteiger partial charge in [-0.15, -0.1) is 0 Å². The first-order chi connectivity index (χ1) is 12.9. The molecule has 2 aromatic rings. The van der Waals surface area contributed by atoms with Crippen LogP contribution < -0.4 is 25.4 Å². The average Bonchev–Trinajstić information content (AvgIpc) is 2.67. The van der Waals surface area contributed by atoms with Crippen molar-refractivity contribution in [2.75, 3.05) is 14.2 Å². The third-order valence-electron chi connectivity index (χ3n) is 4.10. The van der Waals surface area contributed by atoms with Crippen molar-refractivity contribution in [1.29, 1.82) is 5.26 Å². The topological polar surface area (TPSA) is 128 Å². The van der Waals surface area contributed by atoms with Gasteiger partial charge in [0.25, 0.3) is 0 Å². The van der Waals surface area contributed by atoms with Gasteiger partial charge in [-0.1, -0.05) is 15.9 Å². The Morgan fingerprint density at radius 2 is 1.96 bits per heavy atom. The minimum atomic E-state index is -0.841. The molecule has 0 radical (unpaired) electrons. The number of aliphatic hydroxyl groups excluding tert-OH is 1. The van der Waals surface area contributed by atoms with Crippen LogP contribution in [0.2, 0.25) is 0 Å². The van der Waals surface area contributed by atoms with E-state index < -0.39 is 18.0 Å². The molecule has 1 unspecified atom stereocenters. The van der Waals surface area contributed by atoms with Gasteiger partial charge in [0.2, 0.25) is 17.1 Å². The molecule has 1 aromatic heterocycles. The zero-order chi connectivity index (χ0) is 19.7. The lowest BCUT2D eigenvalue weighted by molar-refractivity contribution is 0.231. The SMILES string of the molecule is COc1cc(Br)c(C2C(C#N)=C(N)Oc3c2oc(CO)cc3=O)cc1OC. The number of hydrogen-bond donors (Lipinski definition) is 2. The molecule has 1 aliphatic heterocycles. The summed E-state index contributed by atoms with van der Waals surface area (Å²) in [5, 5.41) is 19.0. The van der Waals surface area contributed by atoms with Crippen molar-refractivity contribution in [2.45, 2.75) is 12.5 Å². The van der Waals surface area contributed by atoms with Gasteiger partial charge in [0.05, 0.1) is 20.1 Å². The molecule has 0 amide bonds. The molecular formula is C18H15BrN2O6. The number of hydrogen-bond acceptors (Lipinski definition) is 8. The zero-order valence-corrected chi connectivity index (χ0v) is 16.0. The zero-order valence-electron chi connectivity index (χ0n) is 14.4. The minimum Gasteiger partial charge on any atom is -0.493 e. The summed E-state index contributed by atoms with van der Waals surface area (Å²) < 4.78 is 22.2. The van der Waals surface area contributed by atoms with Crippen LogP contribution in [-0.4, -0.2) is 19.3 Å². The van der Waals surface area contributed by atoms with Crippen LogP contribution in [-0.2, 0) is 6.61 Å². The smallest absolute Gasteiger partial charge is 0.228 e. The first-order valence-electron chi connectivity index (χ1n) is 7.71. The summed E-state index contributed by atoms with van der Waals surface area (Å²) in [5.41, 5.74) is 5.98. The Morgan fingerprint density at radius 3 is 2.56 bits per heavy atom. The highest BCUT2D eigenvalue weighted by Crippen LogP contribution is 2.46. The molecule has 0 spiro atoms. The normalized spacial score (nSPS) is 15.6. The van der Waals surface area contributed by atoms with E-state index in [1.807, 2.05) is 6.07 Å². The first-order valence-corrected chi connectivity index (χ1v) is 8.51. The number of nitrogens with zero attached hydrogens (tertiary/aromatic N) is 1. The molecule has 140 valence electrons. The Hall–Kier alpha value is -2.96. The fourth-order valence-corrected chi connectivity index (χ4v) is 3.42. The summed E-state index contributed by atoms with van der Waals surface area (Å²) in [6.45, 7) is -0.483. The Balaban J connectivity index is 2.34. The van der Waals surface area contributed by atoms with E-state index in [0.29, 0.717) is 21.5 Å². The molecule has 1 aliphatic rings. The first kappa shape index (κ1) is 18.8. The fraction of sp³-hybridized carbons (Fsp3) is 0.222. The van der Waals surface area contributed by atoms with Crippen LogP contribution in [0, 0.1) is 11.3 Å². The highest BCUT2D eigenvalue weighted by molar-refractivity contribution is 9.10. The van der Waals surface area contributed by atoms with Crippen molar-refractivity contribution in [2.24, 2.45) is 5.73 Å². The lowest BCUT2D eigenvalue weighted by Crippen LogP contribution is -2.25. The van der Waals surface area contributed by atoms with E-state index in [1.165, 1.54) is 14.2 Å². The second kappa shape index (κ2) is 7.34. The number of nitriles is 1. The van der Waals surface area contributed by atoms with E-state index in [9.17, 15) is 15.2 Å². The molecular weight excluding hydrogens is 420 g/mol. The Labute approximate surface area is 162 Å². The summed E-state index contributed by atoms with van der Waals surface area (Å²) in [4.78, 5) is 12.4. The molecule has 1 atom stereocenters. The van der Waals surface area contributed by atoms with E-state index in [1.54, 1.807) is 12.1 Å². The van der Waals surface area contributed by atoms with Crippen molar-refractivity contribution in [3.63, 3.8) is 0 Å². The number of benzene rings is 1. The van der Waals surface area contributed by atoms with Gasteiger partial charge in [-0.05, 0) is 17.7 Å². The highest BCUT2D eigenvalue weighted by Gasteiger charge is 2.36. The Kier molecular flexibility index (Phi) is 5.12. The number of aliphatic hydroxyl groups is 1. The number of nitrogens with two attached hydrogens (primary N) is 1. The summed E-state index contributed by atoms with van der Waals surface area (Å²) >= 11 is 3.45. The molecule has 0 aliphatic carbocycles. The second-order valence-electron chi connectivity index (χ2n) is 5.58. The van der Waals surface area contributed by atoms with Crippen molar-refractivity contribution >= 4 is 15.9 Å². The van der Waals surface area contributed by atoms with Crippen molar-refractivity contribution in [3.05, 3.63) is 61.4 Å². The Bertz CT molecular complexity index is 1040. The number of rotatable bonds is 4. The maximum atomic E-state index is 12.4. The largest absolute Gasteiger partial charge is 0.493 e. The molecule has 0 fully saturated rings. The molecule has 27 heavy (non-hydrogen) atoms. The molecule has 9 heteroatoms. The lowest BCUT2D eigenvalue weighted by atomic mass is 9.87. The fourth-order valence-electron chi connectivity index (χ4n) is 2.86. The van der Waals surface area contributed by atoms with Crippen LogP contribution in [0.25, 0.3) is 0 Å². The number of fused-ring (bicyclic) bond motifs is 1. The predicted octanol–water partition coefficient (Wildman–Crippen LogP) is 2.13. The number of ether oxygens (including phenoxy) is 3. The van der Waals surface area contributed by atoms with E-state index in [4.69, 9.17) is 24.4 Å². The van der Waals surface area contributed by atoms with Crippen LogP contribution in [0.5, 0.6) is 17.2 Å². The molecule has 8 nitrogen and oxygen atoms in total. The summed E-state index contributed by atoms with van der Waals surface area (Å²) in [7, 11) is 2.98. The summed E-state index contributed by atoms with van der Waals surface area (Å²) in [5.74, 6) is -0.156. The standard InChI is InChI=1S/C18H15BrN2O6/c1-24-13-4-9(11(19)5-14(13)25-2)15-10(6-20)18(21)27-16-12(23)3-8(7-22)26-17(15)16/h3-5,15,22H,7,21H2,1-2H3. The van der Waals surface area contributed by atoms with E-state index >= 15 is 0 Å². The third kappa shape index (κ3) is 3.13. The van der Waals surface area contributed by atoms with Gasteiger partial charge in [0.1, 0.15) is 24.0 Å². The predicted molar refractivity (Wildman–Crippen MR) is 97.4 cm³/mol. The van der Waals surface area contributed by atoms with Crippen LogP contribution in [0.3, 0.4) is 0 Å².